The van der Waals surface area contributed by atoms with Crippen LogP contribution in [0.5, 0.6) is 0 Å². The summed E-state index contributed by atoms with van der Waals surface area (Å²) >= 11 is 12.9. The van der Waals surface area contributed by atoms with Gasteiger partial charge in [-0.2, -0.15) is 4.99 Å². The van der Waals surface area contributed by atoms with Crippen molar-refractivity contribution in [1.29, 1.82) is 0 Å². The van der Waals surface area contributed by atoms with E-state index in [1.165, 1.54) is 16.7 Å². The lowest BCUT2D eigenvalue weighted by Gasteiger charge is -2.15. The number of benzene rings is 2. The predicted molar refractivity (Wildman–Crippen MR) is 94.6 cm³/mol. The number of anilines is 1. The number of hydrogen-bond acceptors (Lipinski definition) is 3. The molecule has 2 aromatic rings. The number of amidine groups is 1. The summed E-state index contributed by atoms with van der Waals surface area (Å²) in [5.41, 5.74) is 1.05. The average molecular weight is 365 g/mol. The van der Waals surface area contributed by atoms with Crippen LogP contribution in [-0.4, -0.2) is 22.7 Å². The molecule has 2 aromatic carbocycles. The quantitative estimate of drug-likeness (QED) is 0.799. The van der Waals surface area contributed by atoms with Crippen LogP contribution in [-0.2, 0) is 4.79 Å². The van der Waals surface area contributed by atoms with Crippen LogP contribution in [0.2, 0.25) is 10.0 Å². The van der Waals surface area contributed by atoms with E-state index in [2.05, 4.69) is 4.99 Å². The number of rotatable bonds is 2. The van der Waals surface area contributed by atoms with E-state index in [0.717, 1.165) is 0 Å². The zero-order valence-electron chi connectivity index (χ0n) is 11.7. The lowest BCUT2D eigenvalue weighted by molar-refractivity contribution is -0.115. The Kier molecular flexibility index (Phi) is 4.71. The van der Waals surface area contributed by atoms with Gasteiger partial charge < -0.3 is 0 Å². The van der Waals surface area contributed by atoms with Gasteiger partial charge in [0.05, 0.1) is 11.4 Å². The van der Waals surface area contributed by atoms with Crippen LogP contribution in [0.1, 0.15) is 10.4 Å². The molecule has 0 spiro atoms. The first-order valence-corrected chi connectivity index (χ1v) is 8.38. The molecule has 1 fully saturated rings. The third-order valence-corrected chi connectivity index (χ3v) is 4.57. The minimum absolute atomic E-state index is 0.125. The molecule has 116 valence electrons. The molecule has 23 heavy (non-hydrogen) atoms. The van der Waals surface area contributed by atoms with E-state index >= 15 is 0 Å². The smallest absolute Gasteiger partial charge is 0.273 e. The van der Waals surface area contributed by atoms with Gasteiger partial charge in [0.2, 0.25) is 5.91 Å². The minimum Gasteiger partial charge on any atom is -0.273 e. The highest BCUT2D eigenvalue weighted by Gasteiger charge is 2.30. The molecule has 0 unspecified atom stereocenters. The maximum Gasteiger partial charge on any atom is 0.279 e. The zero-order valence-corrected chi connectivity index (χ0v) is 14.0. The van der Waals surface area contributed by atoms with Crippen molar-refractivity contribution in [2.45, 2.75) is 0 Å². The van der Waals surface area contributed by atoms with Gasteiger partial charge in [0.1, 0.15) is 0 Å². The van der Waals surface area contributed by atoms with E-state index in [9.17, 15) is 9.59 Å². The number of aliphatic imine (C=N–C) groups is 1. The van der Waals surface area contributed by atoms with Crippen molar-refractivity contribution < 1.29 is 9.59 Å². The van der Waals surface area contributed by atoms with E-state index in [-0.39, 0.29) is 11.7 Å². The summed E-state index contributed by atoms with van der Waals surface area (Å²) in [6.07, 6.45) is 0. The Morgan fingerprint density at radius 2 is 1.57 bits per heavy atom. The fourth-order valence-corrected chi connectivity index (χ4v) is 3.15. The fourth-order valence-electron chi connectivity index (χ4n) is 2.03. The highest BCUT2D eigenvalue weighted by atomic mass is 35.5. The molecule has 0 aliphatic carbocycles. The highest BCUT2D eigenvalue weighted by molar-refractivity contribution is 8.15. The molecule has 1 aliphatic heterocycles. The topological polar surface area (TPSA) is 49.7 Å². The summed E-state index contributed by atoms with van der Waals surface area (Å²) in [7, 11) is 0. The fraction of sp³-hybridized carbons (Fsp3) is 0.0625. The standard InChI is InChI=1S/C16H10Cl2N2O2S/c17-11-3-1-10(2-4-11)15(22)19-16-20(14(21)9-23-16)13-7-5-12(18)6-8-13/h1-8H,9H2. The van der Waals surface area contributed by atoms with E-state index in [0.29, 0.717) is 26.5 Å². The number of carbonyl (C=O) groups excluding carboxylic acids is 2. The number of amides is 2. The molecule has 4 nitrogen and oxygen atoms in total. The molecular weight excluding hydrogens is 355 g/mol. The van der Waals surface area contributed by atoms with Gasteiger partial charge in [-0.15, -0.1) is 0 Å². The summed E-state index contributed by atoms with van der Waals surface area (Å²) in [6.45, 7) is 0. The summed E-state index contributed by atoms with van der Waals surface area (Å²) < 4.78 is 0. The first-order chi connectivity index (χ1) is 11.0. The van der Waals surface area contributed by atoms with Gasteiger partial charge in [-0.1, -0.05) is 35.0 Å². The Labute approximate surface area is 147 Å². The van der Waals surface area contributed by atoms with Gasteiger partial charge in [0.15, 0.2) is 5.17 Å². The Hall–Kier alpha value is -1.82. The van der Waals surface area contributed by atoms with E-state index in [4.69, 9.17) is 23.2 Å². The van der Waals surface area contributed by atoms with Crippen LogP contribution in [0.4, 0.5) is 5.69 Å². The lowest BCUT2D eigenvalue weighted by Crippen LogP contribution is -2.29. The number of nitrogens with zero attached hydrogens (tertiary/aromatic N) is 2. The van der Waals surface area contributed by atoms with Gasteiger partial charge >= 0.3 is 0 Å². The van der Waals surface area contributed by atoms with Crippen LogP contribution in [0.15, 0.2) is 53.5 Å². The molecule has 1 aliphatic rings. The summed E-state index contributed by atoms with van der Waals surface area (Å²) in [6, 6.07) is 13.3. The van der Waals surface area contributed by atoms with E-state index in [1.807, 2.05) is 0 Å². The van der Waals surface area contributed by atoms with Crippen LogP contribution >= 0.6 is 35.0 Å². The normalized spacial score (nSPS) is 16.2. The SMILES string of the molecule is O=C(N=C1SCC(=O)N1c1ccc(Cl)cc1)c1ccc(Cl)cc1. The molecular formula is C16H10Cl2N2O2S. The monoisotopic (exact) mass is 364 g/mol. The molecule has 0 N–H and O–H groups in total. The van der Waals surface area contributed by atoms with E-state index < -0.39 is 5.91 Å². The van der Waals surface area contributed by atoms with Crippen molar-refractivity contribution in [3.8, 4) is 0 Å². The second kappa shape index (κ2) is 6.74. The Morgan fingerprint density at radius 3 is 2.17 bits per heavy atom. The van der Waals surface area contributed by atoms with Gasteiger partial charge in [0.25, 0.3) is 5.91 Å². The summed E-state index contributed by atoms with van der Waals surface area (Å²) in [4.78, 5) is 29.8. The average Bonchev–Trinajstić information content (AvgIpc) is 2.89. The molecule has 0 atom stereocenters. The third-order valence-electron chi connectivity index (χ3n) is 3.14. The van der Waals surface area contributed by atoms with Crippen LogP contribution < -0.4 is 4.90 Å². The second-order valence-corrected chi connectivity index (χ2v) is 6.52. The zero-order chi connectivity index (χ0) is 16.4. The molecule has 1 heterocycles. The summed E-state index contributed by atoms with van der Waals surface area (Å²) in [5, 5.41) is 1.48. The van der Waals surface area contributed by atoms with Gasteiger partial charge in [0, 0.05) is 15.6 Å². The molecule has 0 aromatic heterocycles. The Bertz CT molecular complexity index is 789. The summed E-state index contributed by atoms with van der Waals surface area (Å²) in [5.74, 6) is -0.298. The number of thioether (sulfide) groups is 1. The van der Waals surface area contributed by atoms with Crippen molar-refractivity contribution in [2.75, 3.05) is 10.7 Å². The molecule has 3 rings (SSSR count). The first kappa shape index (κ1) is 16.1. The molecule has 7 heteroatoms. The molecule has 2 amide bonds. The predicted octanol–water partition coefficient (Wildman–Crippen LogP) is 4.27. The Balaban J connectivity index is 1.90. The van der Waals surface area contributed by atoms with Gasteiger partial charge in [-0.3, -0.25) is 14.5 Å². The van der Waals surface area contributed by atoms with Gasteiger partial charge in [-0.05, 0) is 48.5 Å². The van der Waals surface area contributed by atoms with Crippen LogP contribution in [0.25, 0.3) is 0 Å². The molecule has 0 radical (unpaired) electrons. The van der Waals surface area contributed by atoms with Crippen molar-refractivity contribution >= 4 is 57.6 Å². The molecule has 0 saturated carbocycles. The van der Waals surface area contributed by atoms with Crippen molar-refractivity contribution in [2.24, 2.45) is 4.99 Å². The van der Waals surface area contributed by atoms with Crippen LogP contribution in [0.3, 0.4) is 0 Å². The molecule has 1 saturated heterocycles. The Morgan fingerprint density at radius 1 is 1.00 bits per heavy atom. The van der Waals surface area contributed by atoms with Crippen molar-refractivity contribution in [3.63, 3.8) is 0 Å². The number of carbonyl (C=O) groups is 2. The molecule has 0 bridgehead atoms. The minimum atomic E-state index is -0.419. The highest BCUT2D eigenvalue weighted by Crippen LogP contribution is 2.28. The number of hydrogen-bond donors (Lipinski definition) is 0. The van der Waals surface area contributed by atoms with Crippen LogP contribution in [0, 0.1) is 0 Å². The third kappa shape index (κ3) is 3.58. The van der Waals surface area contributed by atoms with E-state index in [1.54, 1.807) is 48.5 Å². The first-order valence-electron chi connectivity index (χ1n) is 6.64. The van der Waals surface area contributed by atoms with Crippen molar-refractivity contribution in [1.82, 2.24) is 0 Å². The lowest BCUT2D eigenvalue weighted by atomic mass is 10.2. The number of halogens is 2. The maximum absolute atomic E-state index is 12.2. The maximum atomic E-state index is 12.2. The largest absolute Gasteiger partial charge is 0.279 e. The second-order valence-electron chi connectivity index (χ2n) is 4.70. The van der Waals surface area contributed by atoms with Crippen molar-refractivity contribution in [3.05, 3.63) is 64.1 Å². The van der Waals surface area contributed by atoms with Gasteiger partial charge in [-0.25, -0.2) is 0 Å².